The Bertz CT molecular complexity index is 505. The van der Waals surface area contributed by atoms with Gasteiger partial charge in [0.15, 0.2) is 0 Å². The topological polar surface area (TPSA) is 104 Å². The molecule has 1 rings (SSSR count). The van der Waals surface area contributed by atoms with Gasteiger partial charge >= 0.3 is 6.03 Å². The number of hydrogen-bond acceptors (Lipinski definition) is 5. The number of benzene rings is 1. The van der Waals surface area contributed by atoms with Crippen molar-refractivity contribution in [2.24, 2.45) is 5.16 Å². The molecule has 0 aliphatic heterocycles. The fraction of sp³-hybridized carbons (Fsp3) is 0.0909. The van der Waals surface area contributed by atoms with Crippen LogP contribution in [0, 0.1) is 17.4 Å². The smallest absolute Gasteiger partial charge is 0.326 e. The van der Waals surface area contributed by atoms with Crippen LogP contribution in [0.15, 0.2) is 29.4 Å². The highest BCUT2D eigenvalue weighted by molar-refractivity contribution is 6.47. The van der Waals surface area contributed by atoms with Crippen LogP contribution in [0.2, 0.25) is 0 Å². The van der Waals surface area contributed by atoms with Crippen molar-refractivity contribution >= 4 is 23.3 Å². The molecular formula is C11H9N4O3. The van der Waals surface area contributed by atoms with E-state index in [-0.39, 0.29) is 0 Å². The SMILES string of the molecule is CON=C(C#N)C(=O)NC(=O)Nc1c[c]ccc1. The van der Waals surface area contributed by atoms with E-state index in [4.69, 9.17) is 5.26 Å². The van der Waals surface area contributed by atoms with E-state index >= 15 is 0 Å². The molecule has 91 valence electrons. The molecule has 0 unspecified atom stereocenters. The van der Waals surface area contributed by atoms with Crippen LogP contribution in [-0.2, 0) is 9.63 Å². The summed E-state index contributed by atoms with van der Waals surface area (Å²) in [5.74, 6) is -0.947. The van der Waals surface area contributed by atoms with Gasteiger partial charge in [-0.05, 0) is 18.2 Å². The summed E-state index contributed by atoms with van der Waals surface area (Å²) in [5.41, 5.74) is -0.0859. The molecule has 7 nitrogen and oxygen atoms in total. The Balaban J connectivity index is 2.58. The summed E-state index contributed by atoms with van der Waals surface area (Å²) in [4.78, 5) is 27.0. The highest BCUT2D eigenvalue weighted by atomic mass is 16.6. The molecule has 7 heteroatoms. The molecule has 0 saturated carbocycles. The Morgan fingerprint density at radius 3 is 2.89 bits per heavy atom. The first kappa shape index (κ1) is 13.2. The highest BCUT2D eigenvalue weighted by Gasteiger charge is 2.15. The van der Waals surface area contributed by atoms with Crippen molar-refractivity contribution in [1.82, 2.24) is 5.32 Å². The van der Waals surface area contributed by atoms with Crippen LogP contribution in [0.3, 0.4) is 0 Å². The number of rotatable bonds is 3. The van der Waals surface area contributed by atoms with Gasteiger partial charge in [0, 0.05) is 5.69 Å². The lowest BCUT2D eigenvalue weighted by molar-refractivity contribution is -0.113. The Kier molecular flexibility index (Phi) is 4.87. The second-order valence-corrected chi connectivity index (χ2v) is 2.93. The second-order valence-electron chi connectivity index (χ2n) is 2.93. The van der Waals surface area contributed by atoms with Gasteiger partial charge in [-0.1, -0.05) is 17.3 Å². The van der Waals surface area contributed by atoms with E-state index in [1.54, 1.807) is 18.2 Å². The molecule has 0 spiro atoms. The Morgan fingerprint density at radius 1 is 1.56 bits per heavy atom. The quantitative estimate of drug-likeness (QED) is 0.603. The maximum absolute atomic E-state index is 11.4. The predicted molar refractivity (Wildman–Crippen MR) is 62.5 cm³/mol. The minimum atomic E-state index is -0.947. The summed E-state index contributed by atoms with van der Waals surface area (Å²) in [5, 5.41) is 16.0. The molecular weight excluding hydrogens is 236 g/mol. The zero-order chi connectivity index (χ0) is 13.4. The van der Waals surface area contributed by atoms with Gasteiger partial charge in [-0.25, -0.2) is 4.79 Å². The van der Waals surface area contributed by atoms with Gasteiger partial charge in [0.05, 0.1) is 0 Å². The maximum Gasteiger partial charge on any atom is 0.326 e. The van der Waals surface area contributed by atoms with E-state index < -0.39 is 17.6 Å². The van der Waals surface area contributed by atoms with Crippen LogP contribution in [0.25, 0.3) is 0 Å². The molecule has 0 bridgehead atoms. The summed E-state index contributed by atoms with van der Waals surface area (Å²) < 4.78 is 0. The summed E-state index contributed by atoms with van der Waals surface area (Å²) in [6.07, 6.45) is 0. The number of nitrogens with one attached hydrogen (secondary N) is 2. The number of oxime groups is 1. The molecule has 0 fully saturated rings. The van der Waals surface area contributed by atoms with E-state index in [0.29, 0.717) is 5.69 Å². The Hall–Kier alpha value is -2.88. The first-order valence-electron chi connectivity index (χ1n) is 4.77. The number of carbonyl (C=O) groups is 2. The van der Waals surface area contributed by atoms with E-state index in [1.807, 2.05) is 5.32 Å². The third-order valence-electron chi connectivity index (χ3n) is 1.70. The van der Waals surface area contributed by atoms with Gasteiger partial charge in [0.25, 0.3) is 5.91 Å². The average Bonchev–Trinajstić information content (AvgIpc) is 2.36. The molecule has 0 aliphatic carbocycles. The van der Waals surface area contributed by atoms with Crippen LogP contribution in [0.5, 0.6) is 0 Å². The number of nitrogens with zero attached hydrogens (tertiary/aromatic N) is 2. The molecule has 1 aromatic carbocycles. The second kappa shape index (κ2) is 6.65. The minimum absolute atomic E-state index is 0.463. The summed E-state index contributed by atoms with van der Waals surface area (Å²) in [6, 6.07) is 9.95. The number of carbonyl (C=O) groups excluding carboxylic acids is 2. The first-order chi connectivity index (χ1) is 8.67. The third-order valence-corrected chi connectivity index (χ3v) is 1.70. The molecule has 0 aromatic heterocycles. The van der Waals surface area contributed by atoms with E-state index in [2.05, 4.69) is 21.4 Å². The zero-order valence-electron chi connectivity index (χ0n) is 9.43. The first-order valence-corrected chi connectivity index (χ1v) is 4.77. The van der Waals surface area contributed by atoms with Crippen molar-refractivity contribution in [3.05, 3.63) is 30.3 Å². The lowest BCUT2D eigenvalue weighted by atomic mass is 10.3. The molecule has 1 aromatic rings. The highest BCUT2D eigenvalue weighted by Crippen LogP contribution is 2.03. The monoisotopic (exact) mass is 245 g/mol. The Morgan fingerprint density at radius 2 is 2.33 bits per heavy atom. The van der Waals surface area contributed by atoms with Gasteiger partial charge < -0.3 is 10.2 Å². The third kappa shape index (κ3) is 3.94. The van der Waals surface area contributed by atoms with Crippen LogP contribution in [0.4, 0.5) is 10.5 Å². The number of hydrogen-bond donors (Lipinski definition) is 2. The lowest BCUT2D eigenvalue weighted by Crippen LogP contribution is -2.38. The maximum atomic E-state index is 11.4. The van der Waals surface area contributed by atoms with Crippen molar-refractivity contribution in [3.8, 4) is 6.07 Å². The summed E-state index contributed by atoms with van der Waals surface area (Å²) in [6.45, 7) is 0. The number of anilines is 1. The minimum Gasteiger partial charge on any atom is -0.398 e. The van der Waals surface area contributed by atoms with Gasteiger partial charge in [0.1, 0.15) is 13.2 Å². The molecule has 3 amide bonds. The van der Waals surface area contributed by atoms with Crippen molar-refractivity contribution in [1.29, 1.82) is 5.26 Å². The number of amides is 3. The molecule has 2 N–H and O–H groups in total. The van der Waals surface area contributed by atoms with Crippen molar-refractivity contribution in [2.45, 2.75) is 0 Å². The predicted octanol–water partition coefficient (Wildman–Crippen LogP) is 0.661. The number of urea groups is 1. The van der Waals surface area contributed by atoms with E-state index in [1.165, 1.54) is 19.2 Å². The molecule has 0 atom stereocenters. The molecule has 0 heterocycles. The van der Waals surface area contributed by atoms with E-state index in [9.17, 15) is 9.59 Å². The zero-order valence-corrected chi connectivity index (χ0v) is 9.43. The molecule has 1 radical (unpaired) electrons. The standard InChI is InChI=1S/C11H9N4O3/c1-18-15-9(7-12)10(16)14-11(17)13-8-5-3-2-4-6-8/h2-3,5-6H,1H3,(H2,13,14,16,17). The summed E-state index contributed by atoms with van der Waals surface area (Å²) in [7, 11) is 1.19. The Labute approximate surface area is 103 Å². The molecule has 0 aliphatic rings. The van der Waals surface area contributed by atoms with Crippen LogP contribution in [0.1, 0.15) is 0 Å². The molecule has 18 heavy (non-hydrogen) atoms. The molecule has 0 saturated heterocycles. The van der Waals surface area contributed by atoms with Gasteiger partial charge in [-0.2, -0.15) is 5.26 Å². The van der Waals surface area contributed by atoms with Crippen molar-refractivity contribution in [3.63, 3.8) is 0 Å². The largest absolute Gasteiger partial charge is 0.398 e. The fourth-order valence-electron chi connectivity index (χ4n) is 1.000. The summed E-state index contributed by atoms with van der Waals surface area (Å²) >= 11 is 0. The number of nitriles is 1. The van der Waals surface area contributed by atoms with Gasteiger partial charge in [-0.3, -0.25) is 10.1 Å². The van der Waals surface area contributed by atoms with Gasteiger partial charge in [0.2, 0.25) is 5.71 Å². The van der Waals surface area contributed by atoms with Crippen LogP contribution >= 0.6 is 0 Å². The average molecular weight is 245 g/mol. The number of imide groups is 1. The van der Waals surface area contributed by atoms with Crippen LogP contribution < -0.4 is 10.6 Å². The fourth-order valence-corrected chi connectivity index (χ4v) is 1.000. The van der Waals surface area contributed by atoms with Gasteiger partial charge in [-0.15, -0.1) is 0 Å². The lowest BCUT2D eigenvalue weighted by Gasteiger charge is -2.04. The van der Waals surface area contributed by atoms with Crippen molar-refractivity contribution in [2.75, 3.05) is 12.4 Å². The van der Waals surface area contributed by atoms with Crippen LogP contribution in [-0.4, -0.2) is 24.8 Å². The van der Waals surface area contributed by atoms with Crippen molar-refractivity contribution < 1.29 is 14.4 Å². The van der Waals surface area contributed by atoms with E-state index in [0.717, 1.165) is 0 Å². The normalized spacial score (nSPS) is 10.1.